The van der Waals surface area contributed by atoms with Gasteiger partial charge >= 0.3 is 0 Å². The third kappa shape index (κ3) is 4.20. The molecule has 3 rings (SSSR count). The highest BCUT2D eigenvalue weighted by Crippen LogP contribution is 2.33. The standard InChI is InChI=1S/C17H11Cl3N4O/c18-12-6-13(19)15(14(20)7-12)23-24-17(25)11-8-21-16(22-9-11)10-4-2-1-3-5-10/h1-9,23H,(H,24,25). The average molecular weight is 394 g/mol. The molecule has 1 amide bonds. The number of hydrazine groups is 1. The highest BCUT2D eigenvalue weighted by atomic mass is 35.5. The number of nitrogens with one attached hydrogen (secondary N) is 2. The SMILES string of the molecule is O=C(NNc1c(Cl)cc(Cl)cc1Cl)c1cnc(-c2ccccc2)nc1. The Morgan fingerprint density at radius 1 is 0.920 bits per heavy atom. The first-order valence-electron chi connectivity index (χ1n) is 7.13. The molecule has 0 radical (unpaired) electrons. The fraction of sp³-hybridized carbons (Fsp3) is 0. The van der Waals surface area contributed by atoms with Crippen LogP contribution in [-0.2, 0) is 0 Å². The van der Waals surface area contributed by atoms with Crippen molar-refractivity contribution in [2.24, 2.45) is 0 Å². The van der Waals surface area contributed by atoms with Gasteiger partial charge in [-0.1, -0.05) is 65.1 Å². The van der Waals surface area contributed by atoms with Crippen molar-refractivity contribution in [3.63, 3.8) is 0 Å². The Morgan fingerprint density at radius 3 is 2.12 bits per heavy atom. The molecule has 25 heavy (non-hydrogen) atoms. The summed E-state index contributed by atoms with van der Waals surface area (Å²) in [6.45, 7) is 0. The lowest BCUT2D eigenvalue weighted by atomic mass is 10.2. The van der Waals surface area contributed by atoms with Gasteiger partial charge in [-0.15, -0.1) is 0 Å². The van der Waals surface area contributed by atoms with Gasteiger partial charge in [-0.25, -0.2) is 9.97 Å². The molecule has 0 saturated heterocycles. The lowest BCUT2D eigenvalue weighted by Gasteiger charge is -2.12. The van der Waals surface area contributed by atoms with Crippen molar-refractivity contribution in [2.45, 2.75) is 0 Å². The van der Waals surface area contributed by atoms with Gasteiger partial charge in [-0.3, -0.25) is 15.6 Å². The zero-order valence-electron chi connectivity index (χ0n) is 12.6. The highest BCUT2D eigenvalue weighted by molar-refractivity contribution is 6.41. The largest absolute Gasteiger partial charge is 0.295 e. The first kappa shape index (κ1) is 17.5. The molecule has 0 aliphatic heterocycles. The lowest BCUT2D eigenvalue weighted by molar-refractivity contribution is 0.0962. The Hall–Kier alpha value is -2.34. The van der Waals surface area contributed by atoms with Gasteiger partial charge in [-0.2, -0.15) is 0 Å². The number of amides is 1. The molecule has 0 aliphatic rings. The van der Waals surface area contributed by atoms with Crippen molar-refractivity contribution < 1.29 is 4.79 Å². The van der Waals surface area contributed by atoms with Crippen LogP contribution in [0.2, 0.25) is 15.1 Å². The summed E-state index contributed by atoms with van der Waals surface area (Å²) in [4.78, 5) is 20.6. The number of hydrogen-bond donors (Lipinski definition) is 2. The summed E-state index contributed by atoms with van der Waals surface area (Å²) in [6.07, 6.45) is 2.88. The quantitative estimate of drug-likeness (QED) is 0.621. The van der Waals surface area contributed by atoms with Gasteiger partial charge in [0.25, 0.3) is 5.91 Å². The number of carbonyl (C=O) groups is 1. The molecule has 0 saturated carbocycles. The molecule has 8 heteroatoms. The summed E-state index contributed by atoms with van der Waals surface area (Å²) >= 11 is 17.9. The molecule has 2 N–H and O–H groups in total. The van der Waals surface area contributed by atoms with E-state index in [4.69, 9.17) is 34.8 Å². The number of halogens is 3. The fourth-order valence-electron chi connectivity index (χ4n) is 2.03. The third-order valence-electron chi connectivity index (χ3n) is 3.25. The minimum atomic E-state index is -0.429. The monoisotopic (exact) mass is 392 g/mol. The second-order valence-electron chi connectivity index (χ2n) is 4.98. The number of aromatic nitrogens is 2. The van der Waals surface area contributed by atoms with Crippen molar-refractivity contribution in [3.8, 4) is 11.4 Å². The molecule has 126 valence electrons. The Labute approximate surface area is 158 Å². The van der Waals surface area contributed by atoms with Gasteiger partial charge < -0.3 is 0 Å². The lowest BCUT2D eigenvalue weighted by Crippen LogP contribution is -2.29. The van der Waals surface area contributed by atoms with Crippen LogP contribution in [0.5, 0.6) is 0 Å². The molecule has 1 aromatic heterocycles. The molecule has 0 bridgehead atoms. The highest BCUT2D eigenvalue weighted by Gasteiger charge is 2.11. The van der Waals surface area contributed by atoms with E-state index in [1.165, 1.54) is 24.5 Å². The molecule has 2 aromatic carbocycles. The van der Waals surface area contributed by atoms with E-state index in [0.29, 0.717) is 16.5 Å². The van der Waals surface area contributed by atoms with Gasteiger partial charge in [0.1, 0.15) is 0 Å². The normalized spacial score (nSPS) is 10.4. The van der Waals surface area contributed by atoms with Crippen LogP contribution < -0.4 is 10.9 Å². The Bertz CT molecular complexity index is 879. The van der Waals surface area contributed by atoms with Crippen LogP contribution >= 0.6 is 34.8 Å². The smallest absolute Gasteiger partial charge is 0.272 e. The molecule has 5 nitrogen and oxygen atoms in total. The van der Waals surface area contributed by atoms with Gasteiger partial charge in [0.05, 0.1) is 21.3 Å². The molecule has 0 aliphatic carbocycles. The zero-order valence-corrected chi connectivity index (χ0v) is 14.9. The molecule has 0 fully saturated rings. The van der Waals surface area contributed by atoms with Crippen molar-refractivity contribution in [1.29, 1.82) is 0 Å². The first-order chi connectivity index (χ1) is 12.0. The fourth-order valence-corrected chi connectivity index (χ4v) is 2.95. The molecule has 0 atom stereocenters. The molecular weight excluding hydrogens is 383 g/mol. The summed E-state index contributed by atoms with van der Waals surface area (Å²) < 4.78 is 0. The van der Waals surface area contributed by atoms with Gasteiger partial charge in [0, 0.05) is 23.0 Å². The van der Waals surface area contributed by atoms with Crippen LogP contribution in [0.1, 0.15) is 10.4 Å². The topological polar surface area (TPSA) is 66.9 Å². The van der Waals surface area contributed by atoms with Gasteiger partial charge in [0.2, 0.25) is 0 Å². The van der Waals surface area contributed by atoms with E-state index >= 15 is 0 Å². The number of benzene rings is 2. The minimum Gasteiger partial charge on any atom is -0.295 e. The number of anilines is 1. The molecule has 1 heterocycles. The van der Waals surface area contributed by atoms with E-state index in [1.54, 1.807) is 0 Å². The Morgan fingerprint density at radius 2 is 1.52 bits per heavy atom. The maximum Gasteiger partial charge on any atom is 0.272 e. The molecule has 0 spiro atoms. The van der Waals surface area contributed by atoms with Crippen molar-refractivity contribution in [2.75, 3.05) is 5.43 Å². The van der Waals surface area contributed by atoms with E-state index in [9.17, 15) is 4.79 Å². The summed E-state index contributed by atoms with van der Waals surface area (Å²) in [6, 6.07) is 12.5. The van der Waals surface area contributed by atoms with E-state index in [1.807, 2.05) is 30.3 Å². The third-order valence-corrected chi connectivity index (χ3v) is 4.07. The van der Waals surface area contributed by atoms with Gasteiger partial charge in [-0.05, 0) is 12.1 Å². The summed E-state index contributed by atoms with van der Waals surface area (Å²) in [5.41, 5.74) is 6.67. The maximum absolute atomic E-state index is 12.2. The number of nitrogens with zero attached hydrogens (tertiary/aromatic N) is 2. The first-order valence-corrected chi connectivity index (χ1v) is 8.26. The number of hydrogen-bond acceptors (Lipinski definition) is 4. The molecule has 3 aromatic rings. The van der Waals surface area contributed by atoms with Gasteiger partial charge in [0.15, 0.2) is 5.82 Å². The van der Waals surface area contributed by atoms with Crippen molar-refractivity contribution in [1.82, 2.24) is 15.4 Å². The van der Waals surface area contributed by atoms with Crippen molar-refractivity contribution in [3.05, 3.63) is 75.5 Å². The second kappa shape index (κ2) is 7.70. The van der Waals surface area contributed by atoms with E-state index < -0.39 is 5.91 Å². The van der Waals surface area contributed by atoms with Crippen LogP contribution in [0.25, 0.3) is 11.4 Å². The predicted molar refractivity (Wildman–Crippen MR) is 100 cm³/mol. The van der Waals surface area contributed by atoms with Crippen LogP contribution in [0, 0.1) is 0 Å². The summed E-state index contributed by atoms with van der Waals surface area (Å²) in [7, 11) is 0. The Balaban J connectivity index is 1.70. The van der Waals surface area contributed by atoms with Crippen LogP contribution in [-0.4, -0.2) is 15.9 Å². The zero-order chi connectivity index (χ0) is 17.8. The van der Waals surface area contributed by atoms with Crippen LogP contribution in [0.3, 0.4) is 0 Å². The van der Waals surface area contributed by atoms with Crippen LogP contribution in [0.15, 0.2) is 54.9 Å². The maximum atomic E-state index is 12.2. The predicted octanol–water partition coefficient (Wildman–Crippen LogP) is 4.86. The minimum absolute atomic E-state index is 0.286. The van der Waals surface area contributed by atoms with E-state index in [0.717, 1.165) is 5.56 Å². The summed E-state index contributed by atoms with van der Waals surface area (Å²) in [5.74, 6) is 0.107. The average Bonchev–Trinajstić information content (AvgIpc) is 2.61. The van der Waals surface area contributed by atoms with Crippen LogP contribution in [0.4, 0.5) is 5.69 Å². The Kier molecular flexibility index (Phi) is 5.38. The van der Waals surface area contributed by atoms with Crippen molar-refractivity contribution >= 4 is 46.4 Å². The molecule has 0 unspecified atom stereocenters. The number of carbonyl (C=O) groups excluding carboxylic acids is 1. The van der Waals surface area contributed by atoms with E-state index in [-0.39, 0.29) is 15.6 Å². The summed E-state index contributed by atoms with van der Waals surface area (Å²) in [5, 5.41) is 0.971. The van der Waals surface area contributed by atoms with E-state index in [2.05, 4.69) is 20.8 Å². The molecular formula is C17H11Cl3N4O. The second-order valence-corrected chi connectivity index (χ2v) is 6.24. The number of rotatable bonds is 4.